The first kappa shape index (κ1) is 18.7. The van der Waals surface area contributed by atoms with Crippen LogP contribution in [0.1, 0.15) is 18.1 Å². The minimum absolute atomic E-state index is 0.123. The number of hydrogen-bond donors (Lipinski definition) is 0. The molecule has 11 heteroatoms. The van der Waals surface area contributed by atoms with Crippen molar-refractivity contribution in [3.8, 4) is 23.0 Å². The summed E-state index contributed by atoms with van der Waals surface area (Å²) in [6.07, 6.45) is -4.01. The SMILES string of the molecule is Fc1cc(OC2=NO[C@H](c3ccc(OC(F)(F)F)cc3)C2)cc(-c2nnco2)c1. The van der Waals surface area contributed by atoms with Gasteiger partial charge in [-0.3, -0.25) is 0 Å². The number of ether oxygens (including phenoxy) is 2. The lowest BCUT2D eigenvalue weighted by Gasteiger charge is -2.11. The minimum atomic E-state index is -4.76. The summed E-state index contributed by atoms with van der Waals surface area (Å²) >= 11 is 0. The van der Waals surface area contributed by atoms with Gasteiger partial charge in [-0.2, -0.15) is 0 Å². The number of halogens is 4. The van der Waals surface area contributed by atoms with Crippen LogP contribution < -0.4 is 9.47 Å². The third kappa shape index (κ3) is 4.62. The van der Waals surface area contributed by atoms with E-state index in [4.69, 9.17) is 14.0 Å². The quantitative estimate of drug-likeness (QED) is 0.585. The van der Waals surface area contributed by atoms with Crippen LogP contribution in [0.4, 0.5) is 17.6 Å². The fraction of sp³-hybridized carbons (Fsp3) is 0.167. The van der Waals surface area contributed by atoms with Gasteiger partial charge >= 0.3 is 6.36 Å². The molecule has 0 radical (unpaired) electrons. The fourth-order valence-electron chi connectivity index (χ4n) is 2.66. The molecule has 1 aliphatic rings. The van der Waals surface area contributed by atoms with E-state index < -0.39 is 18.3 Å². The summed E-state index contributed by atoms with van der Waals surface area (Å²) in [5.41, 5.74) is 0.904. The smallest absolute Gasteiger partial charge is 0.439 e. The predicted octanol–water partition coefficient (Wildman–Crippen LogP) is 4.63. The van der Waals surface area contributed by atoms with Gasteiger partial charge in [-0.05, 0) is 29.8 Å². The Morgan fingerprint density at radius 2 is 1.83 bits per heavy atom. The van der Waals surface area contributed by atoms with Crippen molar-refractivity contribution in [2.75, 3.05) is 0 Å². The summed E-state index contributed by atoms with van der Waals surface area (Å²) in [5, 5.41) is 11.0. The van der Waals surface area contributed by atoms with Crippen LogP contribution in [-0.2, 0) is 4.84 Å². The van der Waals surface area contributed by atoms with Crippen LogP contribution in [0.5, 0.6) is 11.5 Å². The zero-order chi connectivity index (χ0) is 20.4. The van der Waals surface area contributed by atoms with E-state index >= 15 is 0 Å². The Kier molecular flexibility index (Phi) is 4.79. The minimum Gasteiger partial charge on any atom is -0.439 e. The van der Waals surface area contributed by atoms with E-state index in [1.54, 1.807) is 0 Å². The largest absolute Gasteiger partial charge is 0.573 e. The van der Waals surface area contributed by atoms with Crippen LogP contribution in [0.2, 0.25) is 0 Å². The molecular formula is C18H11F4N3O4. The maximum absolute atomic E-state index is 13.9. The molecule has 1 atom stereocenters. The van der Waals surface area contributed by atoms with Gasteiger partial charge in [0, 0.05) is 11.6 Å². The number of alkyl halides is 3. The Hall–Kier alpha value is -3.63. The van der Waals surface area contributed by atoms with Gasteiger partial charge < -0.3 is 18.7 Å². The summed E-state index contributed by atoms with van der Waals surface area (Å²) in [5.74, 6) is -0.474. The Balaban J connectivity index is 1.42. The van der Waals surface area contributed by atoms with Crippen molar-refractivity contribution >= 4 is 5.90 Å². The molecule has 0 amide bonds. The molecular weight excluding hydrogens is 398 g/mol. The molecule has 150 valence electrons. The molecule has 0 saturated heterocycles. The Labute approximate surface area is 160 Å². The maximum Gasteiger partial charge on any atom is 0.573 e. The number of oxime groups is 1. The van der Waals surface area contributed by atoms with Crippen molar-refractivity contribution < 1.29 is 36.3 Å². The van der Waals surface area contributed by atoms with Crippen LogP contribution in [0.15, 0.2) is 58.4 Å². The first-order chi connectivity index (χ1) is 13.9. The molecule has 3 aromatic rings. The van der Waals surface area contributed by atoms with Crippen LogP contribution in [-0.4, -0.2) is 22.5 Å². The molecule has 0 aliphatic carbocycles. The molecule has 7 nitrogen and oxygen atoms in total. The van der Waals surface area contributed by atoms with Crippen molar-refractivity contribution in [2.45, 2.75) is 18.9 Å². The lowest BCUT2D eigenvalue weighted by Crippen LogP contribution is -2.17. The maximum atomic E-state index is 13.9. The van der Waals surface area contributed by atoms with Gasteiger partial charge in [-0.1, -0.05) is 17.3 Å². The van der Waals surface area contributed by atoms with E-state index in [1.165, 1.54) is 36.4 Å². The molecule has 0 saturated carbocycles. The molecule has 0 fully saturated rings. The van der Waals surface area contributed by atoms with Gasteiger partial charge in [0.25, 0.3) is 0 Å². The molecule has 2 heterocycles. The van der Waals surface area contributed by atoms with Crippen molar-refractivity contribution in [3.63, 3.8) is 0 Å². The molecule has 0 N–H and O–H groups in total. The average Bonchev–Trinajstić information content (AvgIpc) is 3.32. The lowest BCUT2D eigenvalue weighted by atomic mass is 10.1. The molecule has 0 bridgehead atoms. The van der Waals surface area contributed by atoms with E-state index in [0.717, 1.165) is 12.5 Å². The second-order valence-electron chi connectivity index (χ2n) is 5.92. The number of hydrogen-bond acceptors (Lipinski definition) is 7. The summed E-state index contributed by atoms with van der Waals surface area (Å²) in [4.78, 5) is 5.26. The van der Waals surface area contributed by atoms with Gasteiger partial charge in [0.05, 0.1) is 6.42 Å². The second-order valence-corrected chi connectivity index (χ2v) is 5.92. The first-order valence-corrected chi connectivity index (χ1v) is 8.19. The molecule has 2 aromatic carbocycles. The topological polar surface area (TPSA) is 79.0 Å². The van der Waals surface area contributed by atoms with Crippen molar-refractivity contribution in [3.05, 3.63) is 60.2 Å². The first-order valence-electron chi connectivity index (χ1n) is 8.19. The van der Waals surface area contributed by atoms with E-state index in [0.29, 0.717) is 11.1 Å². The second kappa shape index (κ2) is 7.41. The van der Waals surface area contributed by atoms with E-state index in [9.17, 15) is 17.6 Å². The van der Waals surface area contributed by atoms with Crippen molar-refractivity contribution in [1.82, 2.24) is 10.2 Å². The van der Waals surface area contributed by atoms with Crippen LogP contribution in [0.25, 0.3) is 11.5 Å². The number of nitrogens with zero attached hydrogens (tertiary/aromatic N) is 3. The average molecular weight is 409 g/mol. The van der Waals surface area contributed by atoms with Gasteiger partial charge in [0.15, 0.2) is 6.10 Å². The fourth-order valence-corrected chi connectivity index (χ4v) is 2.66. The summed E-state index contributed by atoms with van der Waals surface area (Å²) < 4.78 is 65.0. The molecule has 29 heavy (non-hydrogen) atoms. The number of aromatic nitrogens is 2. The third-order valence-corrected chi connectivity index (χ3v) is 3.84. The van der Waals surface area contributed by atoms with Crippen LogP contribution >= 0.6 is 0 Å². The standard InChI is InChI=1S/C18H11F4N3O4/c19-12-5-11(17-24-23-9-26-17)6-14(7-12)27-16-8-15(29-25-16)10-1-3-13(4-2-10)28-18(20,21)22/h1-7,9,15H,8H2/t15-/m0/s1. The molecule has 4 rings (SSSR count). The normalized spacial score (nSPS) is 16.3. The van der Waals surface area contributed by atoms with Crippen molar-refractivity contribution in [1.29, 1.82) is 0 Å². The molecule has 0 unspecified atom stereocenters. The predicted molar refractivity (Wildman–Crippen MR) is 89.3 cm³/mol. The summed E-state index contributed by atoms with van der Waals surface area (Å²) in [6.45, 7) is 0. The Morgan fingerprint density at radius 3 is 2.52 bits per heavy atom. The number of benzene rings is 2. The van der Waals surface area contributed by atoms with E-state index in [2.05, 4.69) is 20.1 Å². The monoisotopic (exact) mass is 409 g/mol. The van der Waals surface area contributed by atoms with Gasteiger partial charge in [0.2, 0.25) is 18.2 Å². The van der Waals surface area contributed by atoms with Crippen LogP contribution in [0, 0.1) is 5.82 Å². The Morgan fingerprint density at radius 1 is 1.03 bits per heavy atom. The zero-order valence-electron chi connectivity index (χ0n) is 14.4. The molecule has 1 aliphatic heterocycles. The van der Waals surface area contributed by atoms with Gasteiger partial charge in [-0.15, -0.1) is 23.4 Å². The summed E-state index contributed by atoms with van der Waals surface area (Å²) in [6, 6.07) is 9.07. The van der Waals surface area contributed by atoms with E-state index in [-0.39, 0.29) is 29.7 Å². The van der Waals surface area contributed by atoms with Gasteiger partial charge in [0.1, 0.15) is 17.3 Å². The van der Waals surface area contributed by atoms with Gasteiger partial charge in [-0.25, -0.2) is 4.39 Å². The highest BCUT2D eigenvalue weighted by molar-refractivity contribution is 5.80. The summed E-state index contributed by atoms with van der Waals surface area (Å²) in [7, 11) is 0. The number of rotatable bonds is 4. The molecule has 1 aromatic heterocycles. The highest BCUT2D eigenvalue weighted by Gasteiger charge is 2.31. The molecule has 0 spiro atoms. The zero-order valence-corrected chi connectivity index (χ0v) is 14.4. The Bertz CT molecular complexity index is 1020. The highest BCUT2D eigenvalue weighted by Crippen LogP contribution is 2.32. The van der Waals surface area contributed by atoms with Crippen molar-refractivity contribution in [2.24, 2.45) is 5.16 Å². The van der Waals surface area contributed by atoms with E-state index in [1.807, 2.05) is 0 Å². The highest BCUT2D eigenvalue weighted by atomic mass is 19.4. The lowest BCUT2D eigenvalue weighted by molar-refractivity contribution is -0.274. The van der Waals surface area contributed by atoms with Crippen LogP contribution in [0.3, 0.4) is 0 Å². The third-order valence-electron chi connectivity index (χ3n) is 3.84.